The summed E-state index contributed by atoms with van der Waals surface area (Å²) < 4.78 is 0. The second-order valence-corrected chi connectivity index (χ2v) is 8.24. The van der Waals surface area contributed by atoms with E-state index in [1.54, 1.807) is 11.8 Å². The summed E-state index contributed by atoms with van der Waals surface area (Å²) in [6.45, 7) is 7.14. The molecule has 0 radical (unpaired) electrons. The van der Waals surface area contributed by atoms with Crippen molar-refractivity contribution in [3.05, 3.63) is 59.7 Å². The minimum absolute atomic E-state index is 0.168. The van der Waals surface area contributed by atoms with Crippen LogP contribution in [0.3, 0.4) is 0 Å². The van der Waals surface area contributed by atoms with Crippen molar-refractivity contribution < 1.29 is 4.79 Å². The second-order valence-electron chi connectivity index (χ2n) is 6.95. The number of aliphatic imine (C=N–C) groups is 1. The van der Waals surface area contributed by atoms with Crippen molar-refractivity contribution in [2.75, 3.05) is 23.7 Å². The topological polar surface area (TPSA) is 77.9 Å². The van der Waals surface area contributed by atoms with Crippen molar-refractivity contribution in [2.45, 2.75) is 32.4 Å². The zero-order valence-electron chi connectivity index (χ0n) is 17.0. The zero-order valence-corrected chi connectivity index (χ0v) is 17.8. The fourth-order valence-electron chi connectivity index (χ4n) is 2.72. The van der Waals surface area contributed by atoms with Crippen LogP contribution in [0.1, 0.15) is 31.4 Å². The molecule has 0 fully saturated rings. The SMILES string of the molecule is CC[C@@H]1CN=C(Nc2ccc(/C(C)=N\NC(=O)CNc3ccc(C)cc3)cc2)S1. The highest BCUT2D eigenvalue weighted by molar-refractivity contribution is 8.15. The molecular weight excluding hydrogens is 382 g/mol. The lowest BCUT2D eigenvalue weighted by atomic mass is 10.1. The lowest BCUT2D eigenvalue weighted by Gasteiger charge is -2.08. The largest absolute Gasteiger partial charge is 0.376 e. The molecule has 1 atom stereocenters. The number of anilines is 2. The van der Waals surface area contributed by atoms with Crippen LogP contribution in [-0.2, 0) is 4.79 Å². The Morgan fingerprint density at radius 2 is 1.83 bits per heavy atom. The molecule has 0 saturated carbocycles. The molecule has 2 aromatic carbocycles. The second kappa shape index (κ2) is 10.1. The molecule has 0 aliphatic carbocycles. The number of hydrazone groups is 1. The zero-order chi connectivity index (χ0) is 20.6. The van der Waals surface area contributed by atoms with Crippen molar-refractivity contribution in [1.82, 2.24) is 5.43 Å². The lowest BCUT2D eigenvalue weighted by molar-refractivity contribution is -0.119. The van der Waals surface area contributed by atoms with Gasteiger partial charge in [0.15, 0.2) is 5.17 Å². The number of hydrogen-bond donors (Lipinski definition) is 3. The normalized spacial score (nSPS) is 16.3. The minimum Gasteiger partial charge on any atom is -0.376 e. The molecule has 1 amide bonds. The van der Waals surface area contributed by atoms with Gasteiger partial charge in [-0.2, -0.15) is 5.10 Å². The van der Waals surface area contributed by atoms with Crippen LogP contribution in [0.2, 0.25) is 0 Å². The Kier molecular flexibility index (Phi) is 7.30. The van der Waals surface area contributed by atoms with E-state index in [2.05, 4.69) is 33.1 Å². The molecule has 1 aliphatic heterocycles. The van der Waals surface area contributed by atoms with Crippen LogP contribution in [0.15, 0.2) is 58.6 Å². The van der Waals surface area contributed by atoms with Gasteiger partial charge >= 0.3 is 0 Å². The van der Waals surface area contributed by atoms with Crippen LogP contribution in [0.4, 0.5) is 11.4 Å². The van der Waals surface area contributed by atoms with Crippen molar-refractivity contribution in [1.29, 1.82) is 0 Å². The first-order chi connectivity index (χ1) is 14.0. The van der Waals surface area contributed by atoms with Gasteiger partial charge in [0.2, 0.25) is 0 Å². The summed E-state index contributed by atoms with van der Waals surface area (Å²) in [7, 11) is 0. The molecule has 7 heteroatoms. The van der Waals surface area contributed by atoms with Gasteiger partial charge in [0.05, 0.1) is 18.8 Å². The summed E-state index contributed by atoms with van der Waals surface area (Å²) in [4.78, 5) is 16.5. The Morgan fingerprint density at radius 1 is 1.14 bits per heavy atom. The molecule has 0 saturated heterocycles. The van der Waals surface area contributed by atoms with E-state index in [0.717, 1.165) is 40.8 Å². The standard InChI is InChI=1S/C22H27N5OS/c1-4-20-13-24-22(29-20)25-19-11-7-17(8-12-19)16(3)26-27-21(28)14-23-18-9-5-15(2)6-10-18/h5-12,20,23H,4,13-14H2,1-3H3,(H,24,25)(H,27,28)/b26-16-/t20-/m1/s1. The highest BCUT2D eigenvalue weighted by atomic mass is 32.2. The van der Waals surface area contributed by atoms with E-state index in [-0.39, 0.29) is 12.5 Å². The first-order valence-corrected chi connectivity index (χ1v) is 10.6. The molecule has 0 unspecified atom stereocenters. The number of hydrogen-bond acceptors (Lipinski definition) is 6. The number of thioether (sulfide) groups is 1. The fraction of sp³-hybridized carbons (Fsp3) is 0.318. The fourth-order valence-corrected chi connectivity index (χ4v) is 3.68. The van der Waals surface area contributed by atoms with Crippen LogP contribution in [-0.4, -0.2) is 35.1 Å². The first-order valence-electron chi connectivity index (χ1n) is 9.75. The monoisotopic (exact) mass is 409 g/mol. The van der Waals surface area contributed by atoms with E-state index in [9.17, 15) is 4.79 Å². The summed E-state index contributed by atoms with van der Waals surface area (Å²) in [6, 6.07) is 15.9. The van der Waals surface area contributed by atoms with Crippen LogP contribution in [0, 0.1) is 6.92 Å². The predicted octanol–water partition coefficient (Wildman–Crippen LogP) is 4.24. The van der Waals surface area contributed by atoms with E-state index in [0.29, 0.717) is 5.25 Å². The number of carbonyl (C=O) groups excluding carboxylic acids is 1. The third-order valence-electron chi connectivity index (χ3n) is 4.58. The molecule has 29 heavy (non-hydrogen) atoms. The van der Waals surface area contributed by atoms with Gasteiger partial charge in [-0.1, -0.05) is 48.5 Å². The summed E-state index contributed by atoms with van der Waals surface area (Å²) in [5.74, 6) is -0.190. The third-order valence-corrected chi connectivity index (χ3v) is 5.85. The number of benzene rings is 2. The van der Waals surface area contributed by atoms with E-state index < -0.39 is 0 Å². The maximum absolute atomic E-state index is 12.0. The molecule has 152 valence electrons. The van der Waals surface area contributed by atoms with Crippen LogP contribution in [0.25, 0.3) is 0 Å². The van der Waals surface area contributed by atoms with E-state index in [1.165, 1.54) is 5.56 Å². The van der Waals surface area contributed by atoms with Crippen molar-refractivity contribution in [3.63, 3.8) is 0 Å². The van der Waals surface area contributed by atoms with E-state index in [1.807, 2.05) is 62.4 Å². The van der Waals surface area contributed by atoms with Crippen LogP contribution < -0.4 is 16.1 Å². The van der Waals surface area contributed by atoms with Gasteiger partial charge in [0, 0.05) is 16.6 Å². The molecule has 0 bridgehead atoms. The third kappa shape index (κ3) is 6.35. The number of amidine groups is 1. The molecular formula is C22H27N5OS. The van der Waals surface area contributed by atoms with Gasteiger partial charge in [-0.25, -0.2) is 5.43 Å². The first kappa shape index (κ1) is 20.9. The van der Waals surface area contributed by atoms with Crippen LogP contribution in [0.5, 0.6) is 0 Å². The van der Waals surface area contributed by atoms with E-state index >= 15 is 0 Å². The van der Waals surface area contributed by atoms with Gasteiger partial charge in [-0.05, 0) is 50.1 Å². The number of aryl methyl sites for hydroxylation is 1. The average Bonchev–Trinajstić information content (AvgIpc) is 3.19. The highest BCUT2D eigenvalue weighted by Crippen LogP contribution is 2.24. The average molecular weight is 410 g/mol. The Morgan fingerprint density at radius 3 is 2.48 bits per heavy atom. The Balaban J connectivity index is 1.47. The number of rotatable bonds is 7. The number of amides is 1. The molecule has 1 aliphatic rings. The van der Waals surface area contributed by atoms with Gasteiger partial charge < -0.3 is 10.6 Å². The molecule has 6 nitrogen and oxygen atoms in total. The summed E-state index contributed by atoms with van der Waals surface area (Å²) >= 11 is 1.79. The summed E-state index contributed by atoms with van der Waals surface area (Å²) in [6.07, 6.45) is 1.13. The maximum atomic E-state index is 12.0. The molecule has 1 heterocycles. The lowest BCUT2D eigenvalue weighted by Crippen LogP contribution is -2.26. The van der Waals surface area contributed by atoms with Crippen LogP contribution >= 0.6 is 11.8 Å². The Bertz CT molecular complexity index is 890. The van der Waals surface area contributed by atoms with Gasteiger partial charge in [-0.3, -0.25) is 9.79 Å². The number of carbonyl (C=O) groups is 1. The van der Waals surface area contributed by atoms with E-state index in [4.69, 9.17) is 0 Å². The highest BCUT2D eigenvalue weighted by Gasteiger charge is 2.17. The molecule has 0 aromatic heterocycles. The summed E-state index contributed by atoms with van der Waals surface area (Å²) in [5, 5.41) is 12.2. The van der Waals surface area contributed by atoms with Gasteiger partial charge in [-0.15, -0.1) is 0 Å². The molecule has 3 N–H and O–H groups in total. The Hall–Kier alpha value is -2.80. The van der Waals surface area contributed by atoms with Gasteiger partial charge in [0.1, 0.15) is 0 Å². The molecule has 3 rings (SSSR count). The van der Waals surface area contributed by atoms with Crippen molar-refractivity contribution in [2.24, 2.45) is 10.1 Å². The van der Waals surface area contributed by atoms with Crippen molar-refractivity contribution in [3.8, 4) is 0 Å². The number of nitrogens with zero attached hydrogens (tertiary/aromatic N) is 2. The van der Waals surface area contributed by atoms with Crippen molar-refractivity contribution >= 4 is 39.9 Å². The van der Waals surface area contributed by atoms with Gasteiger partial charge in [0.25, 0.3) is 5.91 Å². The number of nitrogens with one attached hydrogen (secondary N) is 3. The summed E-state index contributed by atoms with van der Waals surface area (Å²) in [5.41, 5.74) is 7.38. The molecule has 0 spiro atoms. The quantitative estimate of drug-likeness (QED) is 0.472. The maximum Gasteiger partial charge on any atom is 0.259 e. The minimum atomic E-state index is -0.190. The molecule has 2 aromatic rings. The smallest absolute Gasteiger partial charge is 0.259 e. The predicted molar refractivity (Wildman–Crippen MR) is 124 cm³/mol. The Labute approximate surface area is 176 Å².